The maximum absolute atomic E-state index is 13.1. The largest absolute Gasteiger partial charge is 0.344 e. The molecule has 0 bridgehead atoms. The van der Waals surface area contributed by atoms with Crippen molar-refractivity contribution in [1.82, 2.24) is 14.8 Å². The molecule has 2 aromatic carbocycles. The summed E-state index contributed by atoms with van der Waals surface area (Å²) in [4.78, 5) is 26.2. The molecule has 0 atom stereocenters. The molecule has 2 heterocycles. The molecule has 6 heteroatoms. The second kappa shape index (κ2) is 7.99. The van der Waals surface area contributed by atoms with Crippen LogP contribution in [0.15, 0.2) is 66.4 Å². The van der Waals surface area contributed by atoms with Gasteiger partial charge in [-0.25, -0.2) is 9.18 Å². The summed E-state index contributed by atoms with van der Waals surface area (Å²) in [5.74, 6) is -0.750. The van der Waals surface area contributed by atoms with Crippen LogP contribution in [0.1, 0.15) is 28.1 Å². The van der Waals surface area contributed by atoms with Gasteiger partial charge in [-0.15, -0.1) is 0 Å². The Hall–Kier alpha value is -3.67. The maximum Gasteiger partial charge on any atom is 0.329 e. The summed E-state index contributed by atoms with van der Waals surface area (Å²) in [6.07, 6.45) is 1.72. The second-order valence-electron chi connectivity index (χ2n) is 7.40. The van der Waals surface area contributed by atoms with E-state index in [-0.39, 0.29) is 18.1 Å². The Bertz CT molecular complexity index is 1130. The third-order valence-electron chi connectivity index (χ3n) is 5.31. The quantitative estimate of drug-likeness (QED) is 0.508. The minimum absolute atomic E-state index is 0.0926. The van der Waals surface area contributed by atoms with Crippen molar-refractivity contribution in [3.8, 4) is 0 Å². The highest BCUT2D eigenvalue weighted by atomic mass is 19.1. The topological polar surface area (TPSA) is 54.3 Å². The molecule has 1 saturated heterocycles. The Morgan fingerprint density at radius 2 is 1.60 bits per heavy atom. The number of aryl methyl sites for hydroxylation is 1. The Balaban J connectivity index is 1.56. The third kappa shape index (κ3) is 3.89. The third-order valence-corrected chi connectivity index (χ3v) is 5.31. The predicted molar refractivity (Wildman–Crippen MR) is 113 cm³/mol. The number of nitrogens with zero attached hydrogens (tertiary/aromatic N) is 2. The van der Waals surface area contributed by atoms with E-state index in [2.05, 4.69) is 22.0 Å². The second-order valence-corrected chi connectivity index (χ2v) is 7.40. The first-order valence-corrected chi connectivity index (χ1v) is 9.72. The number of carbonyl (C=O) groups excluding carboxylic acids is 2. The van der Waals surface area contributed by atoms with E-state index < -0.39 is 11.9 Å². The summed E-state index contributed by atoms with van der Waals surface area (Å²) >= 11 is 0. The van der Waals surface area contributed by atoms with Crippen molar-refractivity contribution < 1.29 is 14.0 Å². The summed E-state index contributed by atoms with van der Waals surface area (Å²) in [5.41, 5.74) is 5.08. The Morgan fingerprint density at radius 1 is 0.933 bits per heavy atom. The van der Waals surface area contributed by atoms with Gasteiger partial charge in [0.1, 0.15) is 11.5 Å². The maximum atomic E-state index is 13.1. The van der Waals surface area contributed by atoms with Crippen LogP contribution in [-0.2, 0) is 17.9 Å². The fourth-order valence-corrected chi connectivity index (χ4v) is 3.63. The first kappa shape index (κ1) is 19.6. The van der Waals surface area contributed by atoms with E-state index in [1.54, 1.807) is 18.2 Å². The first-order valence-electron chi connectivity index (χ1n) is 9.72. The van der Waals surface area contributed by atoms with Gasteiger partial charge in [-0.2, -0.15) is 0 Å². The summed E-state index contributed by atoms with van der Waals surface area (Å²) in [7, 11) is 0. The Kier molecular flexibility index (Phi) is 5.23. The van der Waals surface area contributed by atoms with Gasteiger partial charge in [-0.3, -0.25) is 9.69 Å². The minimum Gasteiger partial charge on any atom is -0.344 e. The first-order chi connectivity index (χ1) is 14.4. The molecule has 1 aliphatic heterocycles. The van der Waals surface area contributed by atoms with E-state index in [0.29, 0.717) is 5.56 Å². The van der Waals surface area contributed by atoms with Crippen LogP contribution >= 0.6 is 0 Å². The summed E-state index contributed by atoms with van der Waals surface area (Å²) in [6.45, 7) is 4.85. The van der Waals surface area contributed by atoms with Gasteiger partial charge in [0.25, 0.3) is 5.91 Å². The van der Waals surface area contributed by atoms with Gasteiger partial charge in [-0.1, -0.05) is 42.5 Å². The minimum atomic E-state index is -0.478. The van der Waals surface area contributed by atoms with Crippen LogP contribution in [0.2, 0.25) is 0 Å². The molecule has 1 aliphatic rings. The van der Waals surface area contributed by atoms with Gasteiger partial charge in [0, 0.05) is 17.9 Å². The van der Waals surface area contributed by atoms with Crippen LogP contribution in [0.25, 0.3) is 6.08 Å². The average molecular weight is 403 g/mol. The van der Waals surface area contributed by atoms with Crippen molar-refractivity contribution in [2.24, 2.45) is 0 Å². The number of benzene rings is 2. The molecule has 30 heavy (non-hydrogen) atoms. The van der Waals surface area contributed by atoms with Gasteiger partial charge >= 0.3 is 6.03 Å². The highest BCUT2D eigenvalue weighted by molar-refractivity contribution is 6.13. The summed E-state index contributed by atoms with van der Waals surface area (Å²) < 4.78 is 15.3. The van der Waals surface area contributed by atoms with Crippen molar-refractivity contribution in [2.45, 2.75) is 26.9 Å². The predicted octanol–water partition coefficient (Wildman–Crippen LogP) is 4.39. The number of nitrogens with one attached hydrogen (secondary N) is 1. The van der Waals surface area contributed by atoms with E-state index in [1.165, 1.54) is 17.7 Å². The van der Waals surface area contributed by atoms with E-state index in [1.807, 2.05) is 38.1 Å². The van der Waals surface area contributed by atoms with Gasteiger partial charge in [0.15, 0.2) is 0 Å². The Labute approximate surface area is 174 Å². The van der Waals surface area contributed by atoms with E-state index in [4.69, 9.17) is 0 Å². The summed E-state index contributed by atoms with van der Waals surface area (Å²) in [6, 6.07) is 17.4. The molecular formula is C24H22FN3O2. The van der Waals surface area contributed by atoms with Crippen molar-refractivity contribution in [3.63, 3.8) is 0 Å². The number of aromatic nitrogens is 1. The lowest BCUT2D eigenvalue weighted by atomic mass is 10.2. The van der Waals surface area contributed by atoms with Crippen LogP contribution in [0, 0.1) is 19.7 Å². The highest BCUT2D eigenvalue weighted by Gasteiger charge is 2.33. The zero-order valence-corrected chi connectivity index (χ0v) is 16.9. The number of hydrogen-bond acceptors (Lipinski definition) is 2. The number of halogens is 1. The van der Waals surface area contributed by atoms with Crippen LogP contribution in [0.5, 0.6) is 0 Å². The number of urea groups is 1. The van der Waals surface area contributed by atoms with Gasteiger partial charge in [0.05, 0.1) is 6.54 Å². The number of carbonyl (C=O) groups is 2. The lowest BCUT2D eigenvalue weighted by Gasteiger charge is -2.11. The van der Waals surface area contributed by atoms with Crippen LogP contribution < -0.4 is 5.32 Å². The molecule has 0 radical (unpaired) electrons. The van der Waals surface area contributed by atoms with Crippen molar-refractivity contribution in [3.05, 3.63) is 100 Å². The summed E-state index contributed by atoms with van der Waals surface area (Å²) in [5, 5.41) is 2.65. The molecule has 0 saturated carbocycles. The average Bonchev–Trinajstić information content (AvgIpc) is 3.15. The molecule has 0 unspecified atom stereocenters. The van der Waals surface area contributed by atoms with E-state index in [9.17, 15) is 14.0 Å². The normalized spacial score (nSPS) is 15.2. The van der Waals surface area contributed by atoms with Crippen LogP contribution in [0.3, 0.4) is 0 Å². The smallest absolute Gasteiger partial charge is 0.329 e. The molecule has 4 rings (SSSR count). The molecule has 1 N–H and O–H groups in total. The van der Waals surface area contributed by atoms with Crippen LogP contribution in [-0.4, -0.2) is 21.4 Å². The number of hydrogen-bond donors (Lipinski definition) is 1. The Morgan fingerprint density at radius 3 is 2.30 bits per heavy atom. The lowest BCUT2D eigenvalue weighted by Crippen LogP contribution is -2.30. The van der Waals surface area contributed by atoms with E-state index >= 15 is 0 Å². The molecule has 152 valence electrons. The molecule has 3 aromatic rings. The molecule has 1 aromatic heterocycles. The molecule has 0 aliphatic carbocycles. The monoisotopic (exact) mass is 403 g/mol. The molecule has 1 fully saturated rings. The molecular weight excluding hydrogens is 381 g/mol. The SMILES string of the molecule is Cc1cc(/C=C2\NC(=O)N(Cc3ccc(F)cc3)C2=O)c(C)n1Cc1ccccc1. The number of imide groups is 1. The standard InChI is InChI=1S/C24H22FN3O2/c1-16-12-20(17(2)27(16)14-18-6-4-3-5-7-18)13-22-23(29)28(24(30)26-22)15-19-8-10-21(25)11-9-19/h3-13H,14-15H2,1-2H3,(H,26,30)/b22-13-. The zero-order valence-electron chi connectivity index (χ0n) is 16.9. The van der Waals surface area contributed by atoms with Crippen molar-refractivity contribution >= 4 is 18.0 Å². The van der Waals surface area contributed by atoms with Gasteiger partial charge in [-0.05, 0) is 54.8 Å². The molecule has 3 amide bonds. The zero-order chi connectivity index (χ0) is 21.3. The van der Waals surface area contributed by atoms with Crippen molar-refractivity contribution in [2.75, 3.05) is 0 Å². The fraction of sp³-hybridized carbons (Fsp3) is 0.167. The van der Waals surface area contributed by atoms with Crippen LogP contribution in [0.4, 0.5) is 9.18 Å². The highest BCUT2D eigenvalue weighted by Crippen LogP contribution is 2.22. The fourth-order valence-electron chi connectivity index (χ4n) is 3.63. The number of rotatable bonds is 5. The molecule has 0 spiro atoms. The molecule has 5 nitrogen and oxygen atoms in total. The van der Waals surface area contributed by atoms with Crippen molar-refractivity contribution in [1.29, 1.82) is 0 Å². The lowest BCUT2D eigenvalue weighted by molar-refractivity contribution is -0.123. The van der Waals surface area contributed by atoms with Gasteiger partial charge < -0.3 is 9.88 Å². The number of amides is 3. The van der Waals surface area contributed by atoms with E-state index in [0.717, 1.165) is 28.4 Å². The van der Waals surface area contributed by atoms with Gasteiger partial charge in [0.2, 0.25) is 0 Å².